The summed E-state index contributed by atoms with van der Waals surface area (Å²) in [6.07, 6.45) is 3.55. The van der Waals surface area contributed by atoms with Gasteiger partial charge in [-0.3, -0.25) is 0 Å². The van der Waals surface area contributed by atoms with Crippen LogP contribution >= 0.6 is 0 Å². The third-order valence-electron chi connectivity index (χ3n) is 3.65. The molecule has 2 N–H and O–H groups in total. The van der Waals surface area contributed by atoms with Gasteiger partial charge in [0.1, 0.15) is 5.82 Å². The highest BCUT2D eigenvalue weighted by atomic mass is 32.2. The summed E-state index contributed by atoms with van der Waals surface area (Å²) in [5.74, 6) is -0.538. The minimum Gasteiger partial charge on any atom is -0.314 e. The molecule has 1 aromatic rings. The van der Waals surface area contributed by atoms with Crippen LogP contribution < -0.4 is 10.0 Å². The third kappa shape index (κ3) is 4.01. The van der Waals surface area contributed by atoms with Gasteiger partial charge in [0.25, 0.3) is 0 Å². The summed E-state index contributed by atoms with van der Waals surface area (Å²) in [6, 6.07) is 5.53. The largest absolute Gasteiger partial charge is 0.314 e. The number of sulfonamides is 1. The molecule has 1 aliphatic carbocycles. The van der Waals surface area contributed by atoms with Crippen molar-refractivity contribution in [3.63, 3.8) is 0 Å². The van der Waals surface area contributed by atoms with Gasteiger partial charge in [-0.15, -0.1) is 0 Å². The second-order valence-corrected chi connectivity index (χ2v) is 6.90. The molecule has 0 bridgehead atoms. The van der Waals surface area contributed by atoms with Gasteiger partial charge in [-0.2, -0.15) is 0 Å². The van der Waals surface area contributed by atoms with Crippen molar-refractivity contribution in [1.82, 2.24) is 10.0 Å². The van der Waals surface area contributed by atoms with Crippen LogP contribution in [0.4, 0.5) is 4.39 Å². The van der Waals surface area contributed by atoms with E-state index in [4.69, 9.17) is 0 Å². The average molecular weight is 300 g/mol. The van der Waals surface area contributed by atoms with Crippen molar-refractivity contribution in [1.29, 1.82) is 0 Å². The quantitative estimate of drug-likeness (QED) is 0.875. The summed E-state index contributed by atoms with van der Waals surface area (Å²) in [6.45, 7) is 3.00. The Balaban J connectivity index is 1.96. The molecule has 2 rings (SSSR count). The number of hydrogen-bond donors (Lipinski definition) is 2. The molecule has 0 atom stereocenters. The van der Waals surface area contributed by atoms with Gasteiger partial charge in [0, 0.05) is 12.1 Å². The van der Waals surface area contributed by atoms with Gasteiger partial charge in [0.15, 0.2) is 0 Å². The summed E-state index contributed by atoms with van der Waals surface area (Å²) in [5.41, 5.74) is 0. The Bertz CT molecular complexity index is 540. The first kappa shape index (κ1) is 15.4. The van der Waals surface area contributed by atoms with E-state index < -0.39 is 15.8 Å². The zero-order valence-corrected chi connectivity index (χ0v) is 12.4. The summed E-state index contributed by atoms with van der Waals surface area (Å²) < 4.78 is 40.1. The van der Waals surface area contributed by atoms with Gasteiger partial charge in [0.05, 0.1) is 4.90 Å². The molecule has 0 heterocycles. The van der Waals surface area contributed by atoms with Crippen LogP contribution in [-0.2, 0) is 10.0 Å². The molecule has 1 aromatic carbocycles. The maximum Gasteiger partial charge on any atom is 0.240 e. The van der Waals surface area contributed by atoms with Crippen LogP contribution in [0.25, 0.3) is 0 Å². The van der Waals surface area contributed by atoms with Crippen LogP contribution in [0.1, 0.15) is 32.6 Å². The average Bonchev–Trinajstić information content (AvgIpc) is 2.41. The minimum absolute atomic E-state index is 0.00805. The zero-order valence-electron chi connectivity index (χ0n) is 11.6. The molecular formula is C14H21FN2O2S. The highest BCUT2D eigenvalue weighted by Gasteiger charge is 2.25. The molecule has 0 saturated heterocycles. The standard InChI is InChI=1S/C14H21FN2O2S/c1-2-16-12-6-8-13(9-7-12)17-20(18,19)14-5-3-4-11(15)10-14/h3-5,10,12-13,16-17H,2,6-9H2,1H3. The van der Waals surface area contributed by atoms with Crippen molar-refractivity contribution in [2.45, 2.75) is 49.6 Å². The van der Waals surface area contributed by atoms with Gasteiger partial charge in [-0.05, 0) is 50.4 Å². The lowest BCUT2D eigenvalue weighted by Crippen LogP contribution is -2.42. The summed E-state index contributed by atoms with van der Waals surface area (Å²) in [5, 5.41) is 3.38. The Morgan fingerprint density at radius 3 is 2.45 bits per heavy atom. The topological polar surface area (TPSA) is 58.2 Å². The summed E-state index contributed by atoms with van der Waals surface area (Å²) >= 11 is 0. The first-order chi connectivity index (χ1) is 9.51. The van der Waals surface area contributed by atoms with Crippen molar-refractivity contribution >= 4 is 10.0 Å². The molecule has 1 saturated carbocycles. The number of halogens is 1. The molecule has 0 unspecified atom stereocenters. The van der Waals surface area contributed by atoms with Crippen LogP contribution in [-0.4, -0.2) is 27.0 Å². The van der Waals surface area contributed by atoms with E-state index in [0.717, 1.165) is 38.3 Å². The second kappa shape index (κ2) is 6.65. The lowest BCUT2D eigenvalue weighted by atomic mass is 9.92. The smallest absolute Gasteiger partial charge is 0.240 e. The van der Waals surface area contributed by atoms with Crippen molar-refractivity contribution in [3.8, 4) is 0 Å². The summed E-state index contributed by atoms with van der Waals surface area (Å²) in [7, 11) is -3.62. The highest BCUT2D eigenvalue weighted by Crippen LogP contribution is 2.21. The molecule has 0 radical (unpaired) electrons. The van der Waals surface area contributed by atoms with E-state index in [1.54, 1.807) is 0 Å². The van der Waals surface area contributed by atoms with Crippen LogP contribution in [0, 0.1) is 5.82 Å². The van der Waals surface area contributed by atoms with E-state index in [-0.39, 0.29) is 10.9 Å². The molecule has 1 fully saturated rings. The van der Waals surface area contributed by atoms with Gasteiger partial charge in [-0.1, -0.05) is 13.0 Å². The van der Waals surface area contributed by atoms with Crippen LogP contribution in [0.15, 0.2) is 29.2 Å². The molecule has 112 valence electrons. The van der Waals surface area contributed by atoms with Crippen LogP contribution in [0.5, 0.6) is 0 Å². The fraction of sp³-hybridized carbons (Fsp3) is 0.571. The molecule has 0 aliphatic heterocycles. The zero-order chi connectivity index (χ0) is 14.6. The molecule has 0 amide bonds. The first-order valence-corrected chi connectivity index (χ1v) is 8.51. The molecule has 0 spiro atoms. The normalized spacial score (nSPS) is 23.7. The lowest BCUT2D eigenvalue weighted by molar-refractivity contribution is 0.333. The van der Waals surface area contributed by atoms with Gasteiger partial charge in [-0.25, -0.2) is 17.5 Å². The van der Waals surface area contributed by atoms with Gasteiger partial charge in [0.2, 0.25) is 10.0 Å². The fourth-order valence-corrected chi connectivity index (χ4v) is 3.96. The van der Waals surface area contributed by atoms with Crippen LogP contribution in [0.3, 0.4) is 0 Å². The predicted molar refractivity (Wildman–Crippen MR) is 76.4 cm³/mol. The molecule has 6 heteroatoms. The van der Waals surface area contributed by atoms with E-state index in [2.05, 4.69) is 17.0 Å². The maximum atomic E-state index is 13.1. The number of benzene rings is 1. The Morgan fingerprint density at radius 2 is 1.85 bits per heavy atom. The molecule has 0 aromatic heterocycles. The SMILES string of the molecule is CCNC1CCC(NS(=O)(=O)c2cccc(F)c2)CC1. The van der Waals surface area contributed by atoms with Gasteiger partial charge < -0.3 is 5.32 Å². The van der Waals surface area contributed by atoms with Crippen LogP contribution in [0.2, 0.25) is 0 Å². The Labute approximate surface area is 119 Å². The summed E-state index contributed by atoms with van der Waals surface area (Å²) in [4.78, 5) is -0.00805. The fourth-order valence-electron chi connectivity index (χ4n) is 2.63. The van der Waals surface area contributed by atoms with Crippen molar-refractivity contribution in [2.75, 3.05) is 6.54 Å². The highest BCUT2D eigenvalue weighted by molar-refractivity contribution is 7.89. The third-order valence-corrected chi connectivity index (χ3v) is 5.17. The van der Waals surface area contributed by atoms with Crippen molar-refractivity contribution < 1.29 is 12.8 Å². The monoisotopic (exact) mass is 300 g/mol. The van der Waals surface area contributed by atoms with Crippen molar-refractivity contribution in [2.24, 2.45) is 0 Å². The first-order valence-electron chi connectivity index (χ1n) is 7.02. The molecule has 4 nitrogen and oxygen atoms in total. The predicted octanol–water partition coefficient (Wildman–Crippen LogP) is 2.02. The minimum atomic E-state index is -3.62. The Kier molecular flexibility index (Phi) is 5.12. The Morgan fingerprint density at radius 1 is 1.20 bits per heavy atom. The van der Waals surface area contributed by atoms with E-state index in [0.29, 0.717) is 6.04 Å². The van der Waals surface area contributed by atoms with Crippen molar-refractivity contribution in [3.05, 3.63) is 30.1 Å². The lowest BCUT2D eigenvalue weighted by Gasteiger charge is -2.29. The van der Waals surface area contributed by atoms with E-state index in [1.165, 1.54) is 18.2 Å². The maximum absolute atomic E-state index is 13.1. The number of rotatable bonds is 5. The molecule has 1 aliphatic rings. The second-order valence-electron chi connectivity index (χ2n) is 5.18. The van der Waals surface area contributed by atoms with E-state index in [9.17, 15) is 12.8 Å². The van der Waals surface area contributed by atoms with Gasteiger partial charge >= 0.3 is 0 Å². The van der Waals surface area contributed by atoms with E-state index in [1.807, 2.05) is 0 Å². The number of hydrogen-bond acceptors (Lipinski definition) is 3. The Hall–Kier alpha value is -0.980. The van der Waals surface area contributed by atoms with E-state index >= 15 is 0 Å². The molecule has 20 heavy (non-hydrogen) atoms. The molecular weight excluding hydrogens is 279 g/mol. The number of nitrogens with one attached hydrogen (secondary N) is 2.